The first-order chi connectivity index (χ1) is 14.9. The van der Waals surface area contributed by atoms with Crippen molar-refractivity contribution < 1.29 is 12.8 Å². The van der Waals surface area contributed by atoms with Gasteiger partial charge in [-0.1, -0.05) is 29.4 Å². The van der Waals surface area contributed by atoms with Crippen LogP contribution in [-0.2, 0) is 9.84 Å². The van der Waals surface area contributed by atoms with Crippen LogP contribution in [0.3, 0.4) is 0 Å². The molecular formula is C21H22ClFN4O2S2. The fraction of sp³-hybridized carbons (Fsp3) is 0.333. The largest absolute Gasteiger partial charge is 0.341 e. The fourth-order valence-electron chi connectivity index (χ4n) is 3.49. The maximum atomic E-state index is 13.1. The van der Waals surface area contributed by atoms with Crippen molar-refractivity contribution in [1.82, 2.24) is 14.8 Å². The maximum absolute atomic E-state index is 13.1. The number of thioether (sulfide) groups is 1. The number of sulfone groups is 1. The lowest BCUT2D eigenvalue weighted by Crippen LogP contribution is -2.22. The topological polar surface area (TPSA) is 68.1 Å². The van der Waals surface area contributed by atoms with Crippen LogP contribution in [0.2, 0.25) is 5.02 Å². The van der Waals surface area contributed by atoms with E-state index in [0.717, 1.165) is 49.7 Å². The van der Waals surface area contributed by atoms with Crippen molar-refractivity contribution in [2.24, 2.45) is 0 Å². The van der Waals surface area contributed by atoms with Gasteiger partial charge in [-0.15, -0.1) is 10.2 Å². The van der Waals surface area contributed by atoms with Crippen LogP contribution in [0.4, 0.5) is 10.3 Å². The summed E-state index contributed by atoms with van der Waals surface area (Å²) in [5, 5.41) is 10.1. The SMILES string of the molecule is O=S(=O)(CCCSc1nnc(N2CCCC2)n1-c1cccc(Cl)c1)c1ccc(F)cc1. The highest BCUT2D eigenvalue weighted by Crippen LogP contribution is 2.30. The molecule has 1 fully saturated rings. The van der Waals surface area contributed by atoms with E-state index in [2.05, 4.69) is 15.1 Å². The Bertz CT molecular complexity index is 1150. The van der Waals surface area contributed by atoms with Gasteiger partial charge in [0.1, 0.15) is 5.82 Å². The number of rotatable bonds is 8. The van der Waals surface area contributed by atoms with Crippen molar-refractivity contribution >= 4 is 39.1 Å². The molecule has 31 heavy (non-hydrogen) atoms. The quantitative estimate of drug-likeness (QED) is 0.266. The van der Waals surface area contributed by atoms with Crippen LogP contribution < -0.4 is 4.90 Å². The summed E-state index contributed by atoms with van der Waals surface area (Å²) in [5.74, 6) is 0.861. The minimum Gasteiger partial charge on any atom is -0.341 e. The van der Waals surface area contributed by atoms with Crippen molar-refractivity contribution in [3.05, 3.63) is 59.4 Å². The Labute approximate surface area is 190 Å². The maximum Gasteiger partial charge on any atom is 0.232 e. The predicted octanol–water partition coefficient (Wildman–Crippen LogP) is 4.62. The Morgan fingerprint density at radius 2 is 1.81 bits per heavy atom. The molecule has 1 saturated heterocycles. The summed E-state index contributed by atoms with van der Waals surface area (Å²) in [7, 11) is -3.46. The van der Waals surface area contributed by atoms with E-state index in [9.17, 15) is 12.8 Å². The number of benzene rings is 2. The van der Waals surface area contributed by atoms with Gasteiger partial charge in [-0.05, 0) is 61.7 Å². The van der Waals surface area contributed by atoms with Crippen LogP contribution in [0.1, 0.15) is 19.3 Å². The summed E-state index contributed by atoms with van der Waals surface area (Å²) in [4.78, 5) is 2.34. The number of halogens is 2. The first-order valence-corrected chi connectivity index (χ1v) is 13.0. The van der Waals surface area contributed by atoms with Gasteiger partial charge in [0.25, 0.3) is 0 Å². The molecule has 0 amide bonds. The van der Waals surface area contributed by atoms with Crippen LogP contribution in [0.15, 0.2) is 58.6 Å². The minimum absolute atomic E-state index is 0.0179. The molecule has 1 aliphatic heterocycles. The average Bonchev–Trinajstić information content (AvgIpc) is 3.41. The molecule has 0 aliphatic carbocycles. The van der Waals surface area contributed by atoms with Gasteiger partial charge >= 0.3 is 0 Å². The third-order valence-corrected chi connectivity index (χ3v) is 8.10. The van der Waals surface area contributed by atoms with Gasteiger partial charge in [0.2, 0.25) is 5.95 Å². The van der Waals surface area contributed by atoms with Crippen molar-refractivity contribution in [3.8, 4) is 5.69 Å². The van der Waals surface area contributed by atoms with E-state index < -0.39 is 15.7 Å². The summed E-state index contributed by atoms with van der Waals surface area (Å²) >= 11 is 7.67. The van der Waals surface area contributed by atoms with Crippen LogP contribution in [0.5, 0.6) is 0 Å². The molecule has 0 atom stereocenters. The summed E-state index contributed by atoms with van der Waals surface area (Å²) in [5.41, 5.74) is 0.876. The zero-order chi connectivity index (χ0) is 21.8. The highest BCUT2D eigenvalue weighted by molar-refractivity contribution is 7.99. The molecule has 2 aromatic carbocycles. The highest BCUT2D eigenvalue weighted by Gasteiger charge is 2.23. The monoisotopic (exact) mass is 480 g/mol. The first kappa shape index (κ1) is 22.1. The predicted molar refractivity (Wildman–Crippen MR) is 122 cm³/mol. The number of nitrogens with zero attached hydrogens (tertiary/aromatic N) is 4. The molecule has 0 bridgehead atoms. The molecule has 0 radical (unpaired) electrons. The molecule has 1 aliphatic rings. The van der Waals surface area contributed by atoms with E-state index in [4.69, 9.17) is 11.6 Å². The molecule has 6 nitrogen and oxygen atoms in total. The molecule has 0 N–H and O–H groups in total. The van der Waals surface area contributed by atoms with Crippen LogP contribution in [0, 0.1) is 5.82 Å². The lowest BCUT2D eigenvalue weighted by molar-refractivity contribution is 0.593. The molecule has 2 heterocycles. The van der Waals surface area contributed by atoms with Gasteiger partial charge in [0.05, 0.1) is 16.3 Å². The Balaban J connectivity index is 1.48. The number of hydrogen-bond acceptors (Lipinski definition) is 6. The third kappa shape index (κ3) is 5.22. The molecular weight excluding hydrogens is 459 g/mol. The number of anilines is 1. The molecule has 3 aromatic rings. The van der Waals surface area contributed by atoms with E-state index >= 15 is 0 Å². The fourth-order valence-corrected chi connectivity index (χ4v) is 6.06. The Kier molecular flexibility index (Phi) is 6.83. The van der Waals surface area contributed by atoms with Gasteiger partial charge in [-0.25, -0.2) is 12.8 Å². The van der Waals surface area contributed by atoms with Crippen molar-refractivity contribution in [2.75, 3.05) is 29.5 Å². The number of hydrogen-bond donors (Lipinski definition) is 0. The van der Waals surface area contributed by atoms with Gasteiger partial charge in [-0.2, -0.15) is 0 Å². The minimum atomic E-state index is -3.46. The molecule has 1 aromatic heterocycles. The molecule has 164 valence electrons. The molecule has 0 unspecified atom stereocenters. The van der Waals surface area contributed by atoms with E-state index in [0.29, 0.717) is 22.4 Å². The van der Waals surface area contributed by atoms with E-state index in [-0.39, 0.29) is 10.6 Å². The molecule has 0 saturated carbocycles. The summed E-state index contributed by atoms with van der Waals surface area (Å²) in [6.45, 7) is 1.86. The van der Waals surface area contributed by atoms with Crippen LogP contribution in [-0.4, -0.2) is 47.8 Å². The Hall–Kier alpha value is -2.10. The summed E-state index contributed by atoms with van der Waals surface area (Å²) in [6, 6.07) is 12.5. The third-order valence-electron chi connectivity index (χ3n) is 5.03. The zero-order valence-electron chi connectivity index (χ0n) is 16.7. The lowest BCUT2D eigenvalue weighted by Gasteiger charge is -2.18. The second-order valence-corrected chi connectivity index (χ2v) is 10.9. The Morgan fingerprint density at radius 3 is 2.52 bits per heavy atom. The smallest absolute Gasteiger partial charge is 0.232 e. The second kappa shape index (κ2) is 9.58. The van der Waals surface area contributed by atoms with E-state index in [1.165, 1.54) is 23.9 Å². The standard InChI is InChI=1S/C21H22ClFN4O2S2/c22-16-5-3-6-18(15-16)27-20(26-11-1-2-12-26)24-25-21(27)30-13-4-14-31(28,29)19-9-7-17(23)8-10-19/h3,5-10,15H,1-2,4,11-14H2. The van der Waals surface area contributed by atoms with Crippen molar-refractivity contribution in [1.29, 1.82) is 0 Å². The zero-order valence-corrected chi connectivity index (χ0v) is 19.1. The molecule has 0 spiro atoms. The van der Waals surface area contributed by atoms with Gasteiger partial charge in [-0.3, -0.25) is 4.57 Å². The summed E-state index contributed by atoms with van der Waals surface area (Å²) in [6.07, 6.45) is 2.67. The summed E-state index contributed by atoms with van der Waals surface area (Å²) < 4.78 is 40.0. The van der Waals surface area contributed by atoms with Gasteiger partial charge in [0.15, 0.2) is 15.0 Å². The molecule has 4 rings (SSSR count). The average molecular weight is 481 g/mol. The van der Waals surface area contributed by atoms with E-state index in [1.54, 1.807) is 0 Å². The number of aromatic nitrogens is 3. The van der Waals surface area contributed by atoms with Crippen LogP contribution >= 0.6 is 23.4 Å². The van der Waals surface area contributed by atoms with E-state index in [1.807, 2.05) is 28.8 Å². The normalized spacial score (nSPS) is 14.3. The lowest BCUT2D eigenvalue weighted by atomic mass is 10.3. The van der Waals surface area contributed by atoms with Crippen LogP contribution in [0.25, 0.3) is 5.69 Å². The molecule has 10 heteroatoms. The van der Waals surface area contributed by atoms with Crippen molar-refractivity contribution in [3.63, 3.8) is 0 Å². The van der Waals surface area contributed by atoms with Gasteiger partial charge < -0.3 is 4.90 Å². The first-order valence-electron chi connectivity index (χ1n) is 10.0. The highest BCUT2D eigenvalue weighted by atomic mass is 35.5. The Morgan fingerprint density at radius 1 is 1.06 bits per heavy atom. The second-order valence-electron chi connectivity index (χ2n) is 7.27. The van der Waals surface area contributed by atoms with Gasteiger partial charge in [0, 0.05) is 23.9 Å². The van der Waals surface area contributed by atoms with Crippen molar-refractivity contribution in [2.45, 2.75) is 29.3 Å².